The van der Waals surface area contributed by atoms with Crippen molar-refractivity contribution in [3.05, 3.63) is 46.8 Å². The first-order valence-corrected chi connectivity index (χ1v) is 7.47. The summed E-state index contributed by atoms with van der Waals surface area (Å²) in [5.74, 6) is 0.254. The maximum absolute atomic E-state index is 12.0. The molecule has 0 fully saturated rings. The van der Waals surface area contributed by atoms with E-state index in [1.165, 1.54) is 5.56 Å². The van der Waals surface area contributed by atoms with Crippen molar-refractivity contribution >= 4 is 17.5 Å². The van der Waals surface area contributed by atoms with Gasteiger partial charge in [-0.3, -0.25) is 4.79 Å². The van der Waals surface area contributed by atoms with Gasteiger partial charge in [-0.05, 0) is 44.4 Å². The lowest BCUT2D eigenvalue weighted by Gasteiger charge is -2.13. The lowest BCUT2D eigenvalue weighted by Crippen LogP contribution is -2.25. The van der Waals surface area contributed by atoms with Gasteiger partial charge in [0.1, 0.15) is 5.69 Å². The minimum Gasteiger partial charge on any atom is -0.351 e. The first-order valence-electron chi connectivity index (χ1n) is 7.47. The normalized spacial score (nSPS) is 10.4. The van der Waals surface area contributed by atoms with Gasteiger partial charge in [0, 0.05) is 18.4 Å². The third kappa shape index (κ3) is 3.81. The number of rotatable bonds is 5. The van der Waals surface area contributed by atoms with E-state index in [1.807, 2.05) is 20.8 Å². The molecule has 0 spiro atoms. The predicted molar refractivity (Wildman–Crippen MR) is 88.6 cm³/mol. The Hall–Kier alpha value is -2.43. The van der Waals surface area contributed by atoms with E-state index in [0.29, 0.717) is 18.2 Å². The number of hydrogen-bond donors (Lipinski definition) is 2. The van der Waals surface area contributed by atoms with Crippen LogP contribution >= 0.6 is 0 Å². The molecule has 0 radical (unpaired) electrons. The average Bonchev–Trinajstić information content (AvgIpc) is 2.48. The standard InChI is InChI=1S/C17H22N4O/c1-5-7-18-16(22)14-6-8-19-17(20-14)21-15-12(3)9-11(2)10-13(15)4/h6,8-10H,5,7H2,1-4H3,(H,18,22)(H,19,20,21). The molecule has 1 aromatic carbocycles. The highest BCUT2D eigenvalue weighted by atomic mass is 16.1. The fourth-order valence-electron chi connectivity index (χ4n) is 2.36. The van der Waals surface area contributed by atoms with Crippen LogP contribution in [0.15, 0.2) is 24.4 Å². The van der Waals surface area contributed by atoms with Crippen LogP contribution in [0.3, 0.4) is 0 Å². The van der Waals surface area contributed by atoms with E-state index in [2.05, 4.69) is 39.7 Å². The van der Waals surface area contributed by atoms with E-state index in [1.54, 1.807) is 12.3 Å². The number of hydrogen-bond acceptors (Lipinski definition) is 4. The Bertz CT molecular complexity index is 659. The minimum atomic E-state index is -0.176. The molecule has 2 aromatic rings. The van der Waals surface area contributed by atoms with E-state index in [9.17, 15) is 4.79 Å². The van der Waals surface area contributed by atoms with Crippen molar-refractivity contribution in [1.82, 2.24) is 15.3 Å². The number of aromatic nitrogens is 2. The molecule has 2 N–H and O–H groups in total. The number of nitrogens with zero attached hydrogens (tertiary/aromatic N) is 2. The number of anilines is 2. The lowest BCUT2D eigenvalue weighted by atomic mass is 10.1. The SMILES string of the molecule is CCCNC(=O)c1ccnc(Nc2c(C)cc(C)cc2C)n1. The van der Waals surface area contributed by atoms with E-state index in [0.717, 1.165) is 23.2 Å². The molecule has 22 heavy (non-hydrogen) atoms. The Labute approximate surface area is 131 Å². The molecule has 5 nitrogen and oxygen atoms in total. The second kappa shape index (κ2) is 7.02. The van der Waals surface area contributed by atoms with E-state index in [-0.39, 0.29) is 5.91 Å². The van der Waals surface area contributed by atoms with Gasteiger partial charge in [-0.15, -0.1) is 0 Å². The van der Waals surface area contributed by atoms with Gasteiger partial charge in [-0.2, -0.15) is 0 Å². The molecule has 1 heterocycles. The van der Waals surface area contributed by atoms with Gasteiger partial charge < -0.3 is 10.6 Å². The largest absolute Gasteiger partial charge is 0.351 e. The zero-order valence-corrected chi connectivity index (χ0v) is 13.5. The lowest BCUT2D eigenvalue weighted by molar-refractivity contribution is 0.0948. The number of benzene rings is 1. The summed E-state index contributed by atoms with van der Waals surface area (Å²) in [7, 11) is 0. The Kier molecular flexibility index (Phi) is 5.09. The smallest absolute Gasteiger partial charge is 0.270 e. The molecule has 0 aliphatic rings. The van der Waals surface area contributed by atoms with Crippen molar-refractivity contribution in [3.8, 4) is 0 Å². The summed E-state index contributed by atoms with van der Waals surface area (Å²) in [5, 5.41) is 6.03. The average molecular weight is 298 g/mol. The van der Waals surface area contributed by atoms with Crippen LogP contribution in [0.2, 0.25) is 0 Å². The third-order valence-corrected chi connectivity index (χ3v) is 3.34. The first-order chi connectivity index (χ1) is 10.5. The van der Waals surface area contributed by atoms with Crippen LogP contribution in [0.4, 0.5) is 11.6 Å². The highest BCUT2D eigenvalue weighted by Crippen LogP contribution is 2.24. The molecular weight excluding hydrogens is 276 g/mol. The molecular formula is C17H22N4O. The Morgan fingerprint density at radius 1 is 1.18 bits per heavy atom. The summed E-state index contributed by atoms with van der Waals surface area (Å²) in [6.07, 6.45) is 2.48. The highest BCUT2D eigenvalue weighted by Gasteiger charge is 2.10. The maximum Gasteiger partial charge on any atom is 0.270 e. The van der Waals surface area contributed by atoms with E-state index >= 15 is 0 Å². The topological polar surface area (TPSA) is 66.9 Å². The van der Waals surface area contributed by atoms with Crippen LogP contribution in [0.5, 0.6) is 0 Å². The second-order valence-electron chi connectivity index (χ2n) is 5.42. The molecule has 1 amide bonds. The van der Waals surface area contributed by atoms with Crippen LogP contribution in [-0.2, 0) is 0 Å². The van der Waals surface area contributed by atoms with Crippen molar-refractivity contribution in [1.29, 1.82) is 0 Å². The molecule has 0 bridgehead atoms. The van der Waals surface area contributed by atoms with Crippen molar-refractivity contribution in [2.75, 3.05) is 11.9 Å². The number of carbonyl (C=O) groups is 1. The van der Waals surface area contributed by atoms with Gasteiger partial charge >= 0.3 is 0 Å². The van der Waals surface area contributed by atoms with Crippen molar-refractivity contribution < 1.29 is 4.79 Å². The highest BCUT2D eigenvalue weighted by molar-refractivity contribution is 5.92. The first kappa shape index (κ1) is 15.9. The van der Waals surface area contributed by atoms with Gasteiger partial charge in [0.2, 0.25) is 5.95 Å². The molecule has 0 aliphatic carbocycles. The monoisotopic (exact) mass is 298 g/mol. The third-order valence-electron chi connectivity index (χ3n) is 3.34. The fraction of sp³-hybridized carbons (Fsp3) is 0.353. The second-order valence-corrected chi connectivity index (χ2v) is 5.42. The summed E-state index contributed by atoms with van der Waals surface area (Å²) in [6, 6.07) is 5.82. The summed E-state index contributed by atoms with van der Waals surface area (Å²) in [4.78, 5) is 20.4. The van der Waals surface area contributed by atoms with Gasteiger partial charge in [0.05, 0.1) is 0 Å². The molecule has 2 rings (SSSR count). The number of carbonyl (C=O) groups excluding carboxylic acids is 1. The van der Waals surface area contributed by atoms with Crippen molar-refractivity contribution in [2.45, 2.75) is 34.1 Å². The van der Waals surface area contributed by atoms with Gasteiger partial charge in [0.15, 0.2) is 0 Å². The minimum absolute atomic E-state index is 0.176. The van der Waals surface area contributed by atoms with Crippen LogP contribution in [0.25, 0.3) is 0 Å². The molecule has 0 unspecified atom stereocenters. The Balaban J connectivity index is 2.22. The summed E-state index contributed by atoms with van der Waals surface area (Å²) < 4.78 is 0. The number of nitrogens with one attached hydrogen (secondary N) is 2. The molecule has 116 valence electrons. The molecule has 0 aliphatic heterocycles. The van der Waals surface area contributed by atoms with E-state index < -0.39 is 0 Å². The maximum atomic E-state index is 12.0. The fourth-order valence-corrected chi connectivity index (χ4v) is 2.36. The van der Waals surface area contributed by atoms with Crippen LogP contribution in [0.1, 0.15) is 40.5 Å². The van der Waals surface area contributed by atoms with Gasteiger partial charge in [0.25, 0.3) is 5.91 Å². The van der Waals surface area contributed by atoms with Crippen molar-refractivity contribution in [2.24, 2.45) is 0 Å². The molecule has 0 saturated carbocycles. The van der Waals surface area contributed by atoms with Crippen LogP contribution in [0, 0.1) is 20.8 Å². The van der Waals surface area contributed by atoms with Crippen LogP contribution in [-0.4, -0.2) is 22.4 Å². The van der Waals surface area contributed by atoms with Crippen molar-refractivity contribution in [3.63, 3.8) is 0 Å². The summed E-state index contributed by atoms with van der Waals surface area (Å²) in [5.41, 5.74) is 4.82. The quantitative estimate of drug-likeness (QED) is 0.889. The number of amides is 1. The van der Waals surface area contributed by atoms with Crippen LogP contribution < -0.4 is 10.6 Å². The molecule has 0 atom stereocenters. The zero-order valence-electron chi connectivity index (χ0n) is 13.5. The molecule has 0 saturated heterocycles. The van der Waals surface area contributed by atoms with Gasteiger partial charge in [-0.25, -0.2) is 9.97 Å². The van der Waals surface area contributed by atoms with E-state index in [4.69, 9.17) is 0 Å². The molecule has 1 aromatic heterocycles. The summed E-state index contributed by atoms with van der Waals surface area (Å²) in [6.45, 7) is 8.80. The Morgan fingerprint density at radius 2 is 1.86 bits per heavy atom. The predicted octanol–water partition coefficient (Wildman–Crippen LogP) is 3.29. The zero-order chi connectivity index (χ0) is 16.1. The molecule has 5 heteroatoms. The number of aryl methyl sites for hydroxylation is 3. The Morgan fingerprint density at radius 3 is 2.50 bits per heavy atom. The van der Waals surface area contributed by atoms with Gasteiger partial charge in [-0.1, -0.05) is 24.6 Å². The summed E-state index contributed by atoms with van der Waals surface area (Å²) >= 11 is 0.